The monoisotopic (exact) mass is 320 g/mol. The molecular weight excluding hydrogens is 304 g/mol. The minimum atomic E-state index is 0.0681. The van der Waals surface area contributed by atoms with E-state index >= 15 is 0 Å². The van der Waals surface area contributed by atoms with Gasteiger partial charge in [0.05, 0.1) is 12.5 Å². The van der Waals surface area contributed by atoms with Gasteiger partial charge in [-0.25, -0.2) is 0 Å². The smallest absolute Gasteiger partial charge is 0.224 e. The molecule has 2 rings (SSSR count). The summed E-state index contributed by atoms with van der Waals surface area (Å²) >= 11 is 3.40. The van der Waals surface area contributed by atoms with Gasteiger partial charge in [-0.3, -0.25) is 4.79 Å². The number of rotatable bonds is 3. The highest BCUT2D eigenvalue weighted by Crippen LogP contribution is 2.23. The van der Waals surface area contributed by atoms with E-state index in [9.17, 15) is 4.79 Å². The predicted molar refractivity (Wildman–Crippen MR) is 77.3 cm³/mol. The van der Waals surface area contributed by atoms with Crippen molar-refractivity contribution in [2.45, 2.75) is 38.1 Å². The Kier molecular flexibility index (Phi) is 4.98. The van der Waals surface area contributed by atoms with Gasteiger partial charge in [0, 0.05) is 16.4 Å². The Labute approximate surface area is 122 Å². The number of nitrogens with one attached hydrogen (secondary N) is 1. The van der Waals surface area contributed by atoms with Crippen LogP contribution in [-0.4, -0.2) is 11.9 Å². The van der Waals surface area contributed by atoms with Crippen LogP contribution in [0, 0.1) is 17.2 Å². The van der Waals surface area contributed by atoms with Gasteiger partial charge < -0.3 is 5.32 Å². The fraction of sp³-hybridized carbons (Fsp3) is 0.467. The molecule has 0 aliphatic heterocycles. The molecule has 0 radical (unpaired) electrons. The minimum Gasteiger partial charge on any atom is -0.353 e. The second kappa shape index (κ2) is 6.72. The van der Waals surface area contributed by atoms with E-state index < -0.39 is 0 Å². The van der Waals surface area contributed by atoms with Crippen molar-refractivity contribution in [3.8, 4) is 6.07 Å². The molecule has 1 aliphatic rings. The number of carbonyl (C=O) groups is 1. The number of nitrogens with zero attached hydrogens (tertiary/aromatic N) is 1. The molecule has 4 heteroatoms. The normalized spacial score (nSPS) is 22.5. The summed E-state index contributed by atoms with van der Waals surface area (Å²) in [5, 5.41) is 11.9. The number of benzene rings is 1. The van der Waals surface area contributed by atoms with E-state index in [1.54, 1.807) is 0 Å². The van der Waals surface area contributed by atoms with E-state index in [1.165, 1.54) is 0 Å². The van der Waals surface area contributed by atoms with Gasteiger partial charge in [-0.1, -0.05) is 28.1 Å². The van der Waals surface area contributed by atoms with Gasteiger partial charge in [0.15, 0.2) is 0 Å². The van der Waals surface area contributed by atoms with Crippen molar-refractivity contribution in [1.82, 2.24) is 5.32 Å². The van der Waals surface area contributed by atoms with E-state index in [-0.39, 0.29) is 17.9 Å². The largest absolute Gasteiger partial charge is 0.353 e. The molecule has 1 fully saturated rings. The molecule has 0 atom stereocenters. The fourth-order valence-corrected chi connectivity index (χ4v) is 2.92. The second-order valence-corrected chi connectivity index (χ2v) is 5.97. The average molecular weight is 321 g/mol. The summed E-state index contributed by atoms with van der Waals surface area (Å²) in [6.07, 6.45) is 4.05. The molecule has 1 aliphatic carbocycles. The topological polar surface area (TPSA) is 52.9 Å². The van der Waals surface area contributed by atoms with Crippen LogP contribution in [0.25, 0.3) is 0 Å². The maximum absolute atomic E-state index is 12.0. The maximum Gasteiger partial charge on any atom is 0.224 e. The van der Waals surface area contributed by atoms with Gasteiger partial charge in [-0.2, -0.15) is 5.26 Å². The van der Waals surface area contributed by atoms with Gasteiger partial charge in [0.25, 0.3) is 0 Å². The van der Waals surface area contributed by atoms with Crippen molar-refractivity contribution in [2.24, 2.45) is 5.92 Å². The summed E-state index contributed by atoms with van der Waals surface area (Å²) in [7, 11) is 0. The van der Waals surface area contributed by atoms with Gasteiger partial charge in [-0.05, 0) is 43.4 Å². The molecule has 1 saturated carbocycles. The lowest BCUT2D eigenvalue weighted by atomic mass is 9.87. The van der Waals surface area contributed by atoms with Crippen LogP contribution in [-0.2, 0) is 11.2 Å². The molecule has 1 aromatic rings. The summed E-state index contributed by atoms with van der Waals surface area (Å²) in [4.78, 5) is 12.0. The Hall–Kier alpha value is -1.34. The minimum absolute atomic E-state index is 0.0681. The third-order valence-corrected chi connectivity index (χ3v) is 4.02. The third kappa shape index (κ3) is 4.36. The SMILES string of the molecule is N#CC1CCC(NC(=O)Cc2cccc(Br)c2)CC1. The van der Waals surface area contributed by atoms with E-state index in [0.29, 0.717) is 6.42 Å². The lowest BCUT2D eigenvalue weighted by Gasteiger charge is -2.25. The molecule has 19 heavy (non-hydrogen) atoms. The van der Waals surface area contributed by atoms with Crippen molar-refractivity contribution in [3.05, 3.63) is 34.3 Å². The summed E-state index contributed by atoms with van der Waals surface area (Å²) in [6.45, 7) is 0. The first-order valence-corrected chi connectivity index (χ1v) is 7.40. The Balaban J connectivity index is 1.81. The van der Waals surface area contributed by atoms with Crippen molar-refractivity contribution in [2.75, 3.05) is 0 Å². The van der Waals surface area contributed by atoms with Crippen LogP contribution in [0.1, 0.15) is 31.2 Å². The van der Waals surface area contributed by atoms with Crippen LogP contribution in [0.2, 0.25) is 0 Å². The van der Waals surface area contributed by atoms with Gasteiger partial charge in [0.1, 0.15) is 0 Å². The van der Waals surface area contributed by atoms with Crippen LogP contribution < -0.4 is 5.32 Å². The highest BCUT2D eigenvalue weighted by atomic mass is 79.9. The molecule has 0 heterocycles. The number of carbonyl (C=O) groups excluding carboxylic acids is 1. The molecule has 1 amide bonds. The standard InChI is InChI=1S/C15H17BrN2O/c16-13-3-1-2-12(8-13)9-15(19)18-14-6-4-11(10-17)5-7-14/h1-3,8,11,14H,4-7,9H2,(H,18,19). The number of nitriles is 1. The quantitative estimate of drug-likeness (QED) is 0.929. The number of hydrogen-bond donors (Lipinski definition) is 1. The maximum atomic E-state index is 12.0. The summed E-state index contributed by atoms with van der Waals surface area (Å²) < 4.78 is 0.993. The number of hydrogen-bond acceptors (Lipinski definition) is 2. The van der Waals surface area contributed by atoms with E-state index in [2.05, 4.69) is 27.3 Å². The predicted octanol–water partition coefficient (Wildman–Crippen LogP) is 3.19. The molecule has 0 aromatic heterocycles. The molecule has 0 bridgehead atoms. The van der Waals surface area contributed by atoms with Gasteiger partial charge in [-0.15, -0.1) is 0 Å². The molecule has 100 valence electrons. The Morgan fingerprint density at radius 1 is 1.37 bits per heavy atom. The zero-order chi connectivity index (χ0) is 13.7. The van der Waals surface area contributed by atoms with E-state index in [0.717, 1.165) is 35.7 Å². The molecule has 0 spiro atoms. The fourth-order valence-electron chi connectivity index (χ4n) is 2.48. The van der Waals surface area contributed by atoms with Crippen molar-refractivity contribution in [1.29, 1.82) is 5.26 Å². The number of halogens is 1. The third-order valence-electron chi connectivity index (χ3n) is 3.53. The Morgan fingerprint density at radius 3 is 2.74 bits per heavy atom. The molecule has 3 nitrogen and oxygen atoms in total. The molecule has 1 aromatic carbocycles. The summed E-state index contributed by atoms with van der Waals surface area (Å²) in [5.74, 6) is 0.247. The van der Waals surface area contributed by atoms with Crippen molar-refractivity contribution < 1.29 is 4.79 Å². The van der Waals surface area contributed by atoms with Crippen LogP contribution >= 0.6 is 15.9 Å². The van der Waals surface area contributed by atoms with E-state index in [1.807, 2.05) is 24.3 Å². The van der Waals surface area contributed by atoms with Crippen LogP contribution in [0.5, 0.6) is 0 Å². The van der Waals surface area contributed by atoms with Crippen molar-refractivity contribution in [3.63, 3.8) is 0 Å². The number of amides is 1. The highest BCUT2D eigenvalue weighted by Gasteiger charge is 2.21. The van der Waals surface area contributed by atoms with E-state index in [4.69, 9.17) is 5.26 Å². The van der Waals surface area contributed by atoms with Crippen LogP contribution in [0.15, 0.2) is 28.7 Å². The zero-order valence-corrected chi connectivity index (χ0v) is 12.3. The lowest BCUT2D eigenvalue weighted by molar-refractivity contribution is -0.121. The second-order valence-electron chi connectivity index (χ2n) is 5.05. The van der Waals surface area contributed by atoms with Gasteiger partial charge in [0.2, 0.25) is 5.91 Å². The zero-order valence-electron chi connectivity index (χ0n) is 10.7. The van der Waals surface area contributed by atoms with Crippen molar-refractivity contribution >= 4 is 21.8 Å². The molecule has 0 saturated heterocycles. The highest BCUT2D eigenvalue weighted by molar-refractivity contribution is 9.10. The first-order chi connectivity index (χ1) is 9.17. The van der Waals surface area contributed by atoms with Gasteiger partial charge >= 0.3 is 0 Å². The average Bonchev–Trinajstić information content (AvgIpc) is 2.39. The first-order valence-electron chi connectivity index (χ1n) is 6.61. The van der Waals surface area contributed by atoms with Crippen LogP contribution in [0.4, 0.5) is 0 Å². The molecule has 1 N–H and O–H groups in total. The summed E-state index contributed by atoms with van der Waals surface area (Å²) in [6, 6.07) is 10.4. The summed E-state index contributed by atoms with van der Waals surface area (Å²) in [5.41, 5.74) is 1.01. The van der Waals surface area contributed by atoms with Crippen LogP contribution in [0.3, 0.4) is 0 Å². The Morgan fingerprint density at radius 2 is 2.11 bits per heavy atom. The Bertz CT molecular complexity index is 487. The molecular formula is C15H17BrN2O. The lowest BCUT2D eigenvalue weighted by Crippen LogP contribution is -2.38. The first kappa shape index (κ1) is 14.1. The molecule has 0 unspecified atom stereocenters.